The van der Waals surface area contributed by atoms with Crippen LogP contribution in [0.4, 0.5) is 0 Å². The molecule has 3 rings (SSSR count). The van der Waals surface area contributed by atoms with Gasteiger partial charge in [-0.3, -0.25) is 4.79 Å². The second-order valence-electron chi connectivity index (χ2n) is 8.63. The summed E-state index contributed by atoms with van der Waals surface area (Å²) in [4.78, 5) is 14.9. The van der Waals surface area contributed by atoms with Gasteiger partial charge in [-0.05, 0) is 56.5 Å². The molecule has 1 saturated heterocycles. The molecule has 0 radical (unpaired) electrons. The van der Waals surface area contributed by atoms with Gasteiger partial charge >= 0.3 is 5.97 Å². The molecule has 0 amide bonds. The smallest absolute Gasteiger partial charge is 0.310 e. The summed E-state index contributed by atoms with van der Waals surface area (Å²) >= 11 is 0. The first-order chi connectivity index (χ1) is 12.0. The molecule has 2 saturated carbocycles. The van der Waals surface area contributed by atoms with Gasteiger partial charge in [0.25, 0.3) is 0 Å². The van der Waals surface area contributed by atoms with Crippen LogP contribution in [0.2, 0.25) is 0 Å². The lowest BCUT2D eigenvalue weighted by atomic mass is 9.55. The minimum absolute atomic E-state index is 0.0261. The minimum Gasteiger partial charge on any atom is -0.462 e. The molecule has 5 atom stereocenters. The minimum atomic E-state index is 0.0261. The zero-order valence-electron chi connectivity index (χ0n) is 16.4. The van der Waals surface area contributed by atoms with Crippen LogP contribution in [0.25, 0.3) is 0 Å². The number of hydrogen-bond donors (Lipinski definition) is 1. The monoisotopic (exact) mass is 348 g/mol. The second kappa shape index (κ2) is 7.79. The molecule has 1 aliphatic heterocycles. The molecule has 4 heteroatoms. The van der Waals surface area contributed by atoms with Gasteiger partial charge in [-0.15, -0.1) is 0 Å². The zero-order valence-corrected chi connectivity index (χ0v) is 16.4. The molecule has 2 aliphatic carbocycles. The van der Waals surface area contributed by atoms with Crippen molar-refractivity contribution in [3.63, 3.8) is 0 Å². The number of fused-ring (bicyclic) bond motifs is 2. The molecule has 0 spiro atoms. The molecule has 1 heterocycles. The number of carbonyl (C=O) groups excluding carboxylic acids is 1. The Kier molecular flexibility index (Phi) is 5.89. The third kappa shape index (κ3) is 3.80. The number of nitrogens with zero attached hydrogens (tertiary/aromatic N) is 1. The molecule has 0 aromatic heterocycles. The van der Waals surface area contributed by atoms with Crippen molar-refractivity contribution < 1.29 is 9.53 Å². The summed E-state index contributed by atoms with van der Waals surface area (Å²) in [7, 11) is 0. The number of rotatable bonds is 7. The van der Waals surface area contributed by atoms with E-state index in [1.807, 2.05) is 0 Å². The van der Waals surface area contributed by atoms with Crippen LogP contribution in [0.5, 0.6) is 0 Å². The third-order valence-electron chi connectivity index (χ3n) is 7.18. The number of carbonyl (C=O) groups is 1. The Bertz CT molecular complexity index is 502. The van der Waals surface area contributed by atoms with E-state index in [1.165, 1.54) is 24.8 Å². The quantitative estimate of drug-likeness (QED) is 0.436. The van der Waals surface area contributed by atoms with E-state index in [0.717, 1.165) is 45.6 Å². The van der Waals surface area contributed by atoms with Gasteiger partial charge in [0.1, 0.15) is 6.10 Å². The van der Waals surface area contributed by atoms with E-state index in [0.29, 0.717) is 17.3 Å². The molecule has 25 heavy (non-hydrogen) atoms. The van der Waals surface area contributed by atoms with Crippen molar-refractivity contribution in [1.82, 2.24) is 10.2 Å². The van der Waals surface area contributed by atoms with Crippen LogP contribution in [0.1, 0.15) is 52.9 Å². The molecule has 3 aliphatic rings. The predicted octanol–water partition coefficient (Wildman–Crippen LogP) is 3.23. The van der Waals surface area contributed by atoms with E-state index in [1.54, 1.807) is 0 Å². The van der Waals surface area contributed by atoms with Gasteiger partial charge in [-0.1, -0.05) is 32.9 Å². The largest absolute Gasteiger partial charge is 0.462 e. The number of allylic oxidation sites excluding steroid dienone is 1. The maximum atomic E-state index is 12.5. The lowest BCUT2D eigenvalue weighted by molar-refractivity contribution is -0.146. The summed E-state index contributed by atoms with van der Waals surface area (Å²) in [5.41, 5.74) is 1.71. The Hall–Kier alpha value is -0.870. The Morgan fingerprint density at radius 3 is 2.84 bits per heavy atom. The molecule has 3 fully saturated rings. The van der Waals surface area contributed by atoms with Gasteiger partial charge in [0.05, 0.1) is 5.92 Å². The average Bonchev–Trinajstić information content (AvgIpc) is 2.87. The van der Waals surface area contributed by atoms with E-state index >= 15 is 0 Å². The van der Waals surface area contributed by atoms with E-state index in [-0.39, 0.29) is 18.0 Å². The summed E-state index contributed by atoms with van der Waals surface area (Å²) in [5.74, 6) is 1.01. The van der Waals surface area contributed by atoms with Crippen molar-refractivity contribution in [1.29, 1.82) is 0 Å². The molecule has 0 unspecified atom stereocenters. The maximum absolute atomic E-state index is 12.5. The van der Waals surface area contributed by atoms with Crippen molar-refractivity contribution in [3.8, 4) is 0 Å². The van der Waals surface area contributed by atoms with Crippen molar-refractivity contribution in [2.24, 2.45) is 23.2 Å². The van der Waals surface area contributed by atoms with Crippen molar-refractivity contribution in [2.75, 3.05) is 32.7 Å². The van der Waals surface area contributed by atoms with Gasteiger partial charge in [0.2, 0.25) is 0 Å². The summed E-state index contributed by atoms with van der Waals surface area (Å²) in [5, 5.41) is 3.52. The van der Waals surface area contributed by atoms with Gasteiger partial charge in [0.15, 0.2) is 0 Å². The summed E-state index contributed by atoms with van der Waals surface area (Å²) in [6.45, 7) is 16.0. The van der Waals surface area contributed by atoms with Crippen LogP contribution >= 0.6 is 0 Å². The lowest BCUT2D eigenvalue weighted by Gasteiger charge is -2.50. The topological polar surface area (TPSA) is 41.6 Å². The van der Waals surface area contributed by atoms with Gasteiger partial charge in [-0.2, -0.15) is 0 Å². The number of hydrogen-bond acceptors (Lipinski definition) is 4. The Morgan fingerprint density at radius 2 is 2.12 bits per heavy atom. The van der Waals surface area contributed by atoms with Gasteiger partial charge < -0.3 is 15.0 Å². The van der Waals surface area contributed by atoms with Crippen molar-refractivity contribution >= 4 is 5.97 Å². The fourth-order valence-corrected chi connectivity index (χ4v) is 5.52. The highest BCUT2D eigenvalue weighted by molar-refractivity contribution is 5.75. The number of ether oxygens (including phenoxy) is 1. The second-order valence-corrected chi connectivity index (χ2v) is 8.63. The predicted molar refractivity (Wildman–Crippen MR) is 101 cm³/mol. The highest BCUT2D eigenvalue weighted by Gasteiger charge is 2.54. The first kappa shape index (κ1) is 18.9. The molecular formula is C21H36N2O2. The molecule has 0 aromatic carbocycles. The fourth-order valence-electron chi connectivity index (χ4n) is 5.52. The number of esters is 1. The number of nitrogens with one attached hydrogen (secondary N) is 1. The molecular weight excluding hydrogens is 312 g/mol. The van der Waals surface area contributed by atoms with Gasteiger partial charge in [-0.25, -0.2) is 0 Å². The average molecular weight is 349 g/mol. The van der Waals surface area contributed by atoms with Crippen LogP contribution in [0.3, 0.4) is 0 Å². The zero-order chi connectivity index (χ0) is 18.0. The molecule has 1 N–H and O–H groups in total. The normalized spacial score (nSPS) is 37.8. The highest BCUT2D eigenvalue weighted by atomic mass is 16.6. The first-order valence-electron chi connectivity index (χ1n) is 10.3. The SMILES string of the molecule is C=C1CCC[C@]2(C)C[C@H]3OC(=O)[C@H](CNCCN(CC)CC)[C@H]3C[C@@H]12. The summed E-state index contributed by atoms with van der Waals surface area (Å²) < 4.78 is 5.83. The maximum Gasteiger partial charge on any atom is 0.310 e. The van der Waals surface area contributed by atoms with E-state index in [9.17, 15) is 4.79 Å². The van der Waals surface area contributed by atoms with E-state index in [2.05, 4.69) is 37.6 Å². The van der Waals surface area contributed by atoms with Crippen LogP contribution in [0, 0.1) is 23.2 Å². The lowest BCUT2D eigenvalue weighted by Crippen LogP contribution is -2.45. The molecule has 4 nitrogen and oxygen atoms in total. The fraction of sp³-hybridized carbons (Fsp3) is 0.857. The number of likely N-dealkylation sites (N-methyl/N-ethyl adjacent to an activating group) is 1. The van der Waals surface area contributed by atoms with Crippen molar-refractivity contribution in [2.45, 2.75) is 59.0 Å². The Labute approximate surface area is 153 Å². The molecule has 0 aromatic rings. The summed E-state index contributed by atoms with van der Waals surface area (Å²) in [6, 6.07) is 0. The Morgan fingerprint density at radius 1 is 1.36 bits per heavy atom. The third-order valence-corrected chi connectivity index (χ3v) is 7.18. The highest BCUT2D eigenvalue weighted by Crippen LogP contribution is 2.56. The van der Waals surface area contributed by atoms with E-state index in [4.69, 9.17) is 4.74 Å². The van der Waals surface area contributed by atoms with E-state index < -0.39 is 0 Å². The van der Waals surface area contributed by atoms with Crippen LogP contribution in [-0.4, -0.2) is 49.7 Å². The van der Waals surface area contributed by atoms with Crippen LogP contribution < -0.4 is 5.32 Å². The van der Waals surface area contributed by atoms with Gasteiger partial charge in [0, 0.05) is 25.6 Å². The molecule has 142 valence electrons. The Balaban J connectivity index is 1.57. The van der Waals surface area contributed by atoms with Crippen LogP contribution in [-0.2, 0) is 9.53 Å². The summed E-state index contributed by atoms with van der Waals surface area (Å²) in [6.07, 6.45) is 5.92. The standard InChI is InChI=1S/C21H36N2O2/c1-5-23(6-2)11-10-22-14-17-16-12-18-15(3)8-7-9-21(18,4)13-19(16)25-20(17)24/h16-19,22H,3,5-14H2,1-2,4H3/t16-,17-,18+,19-,21-/m1/s1. The first-order valence-corrected chi connectivity index (χ1v) is 10.3. The van der Waals surface area contributed by atoms with Crippen molar-refractivity contribution in [3.05, 3.63) is 12.2 Å². The van der Waals surface area contributed by atoms with Crippen LogP contribution in [0.15, 0.2) is 12.2 Å². The molecule has 0 bridgehead atoms.